The molecule has 0 atom stereocenters. The number of benzene rings is 2. The van der Waals surface area contributed by atoms with Crippen LogP contribution < -0.4 is 0 Å². The minimum absolute atomic E-state index is 0.0457. The number of carbonyl (C=O) groups is 1. The molecule has 3 nitrogen and oxygen atoms in total. The highest BCUT2D eigenvalue weighted by molar-refractivity contribution is 6.17. The van der Waals surface area contributed by atoms with Gasteiger partial charge in [-0.3, -0.25) is 4.79 Å². The summed E-state index contributed by atoms with van der Waals surface area (Å²) in [5, 5.41) is 0. The highest BCUT2D eigenvalue weighted by Gasteiger charge is 2.50. The first-order valence-electron chi connectivity index (χ1n) is 7.58. The van der Waals surface area contributed by atoms with Crippen molar-refractivity contribution in [3.05, 3.63) is 75.9 Å². The predicted molar refractivity (Wildman–Crippen MR) is 90.4 cm³/mol. The number of Topliss-reactive ketones (excluding diaryl/α,β-unsaturated/α-hetero) is 1. The molecular formula is C20H20O3. The predicted octanol–water partition coefficient (Wildman–Crippen LogP) is 4.03. The molecule has 0 fully saturated rings. The summed E-state index contributed by atoms with van der Waals surface area (Å²) < 4.78 is 11.5. The van der Waals surface area contributed by atoms with E-state index in [-0.39, 0.29) is 5.78 Å². The molecular weight excluding hydrogens is 288 g/mol. The Morgan fingerprint density at radius 3 is 2.22 bits per heavy atom. The number of aryl methyl sites for hydroxylation is 1. The number of fused-ring (bicyclic) bond motifs is 1. The van der Waals surface area contributed by atoms with Gasteiger partial charge in [0.15, 0.2) is 5.78 Å². The molecule has 2 aromatic carbocycles. The summed E-state index contributed by atoms with van der Waals surface area (Å²) in [6.07, 6.45) is 1.85. The first kappa shape index (κ1) is 15.7. The van der Waals surface area contributed by atoms with Crippen molar-refractivity contribution in [2.45, 2.75) is 19.6 Å². The molecule has 118 valence electrons. The Morgan fingerprint density at radius 2 is 1.61 bits per heavy atom. The van der Waals surface area contributed by atoms with Crippen molar-refractivity contribution in [1.29, 1.82) is 0 Å². The second-order valence-corrected chi connectivity index (χ2v) is 5.75. The first-order valence-corrected chi connectivity index (χ1v) is 7.58. The highest BCUT2D eigenvalue weighted by atomic mass is 16.7. The van der Waals surface area contributed by atoms with Crippen LogP contribution >= 0.6 is 0 Å². The lowest BCUT2D eigenvalue weighted by molar-refractivity contribution is -0.180. The molecule has 0 radical (unpaired) electrons. The summed E-state index contributed by atoms with van der Waals surface area (Å²) in [6.45, 7) is 4.02. The standard InChI is InChI=1S/C20H20O3/c1-13-10-11-16-18(14(13)2)20(22-3,23-4)17(19(16)21)12-15-8-6-5-7-9-15/h5-12H,1-4H3/b17-12+. The van der Waals surface area contributed by atoms with Crippen LogP contribution in [0.5, 0.6) is 0 Å². The van der Waals surface area contributed by atoms with Gasteiger partial charge in [0.2, 0.25) is 5.79 Å². The van der Waals surface area contributed by atoms with Crippen LogP contribution in [0, 0.1) is 13.8 Å². The minimum Gasteiger partial charge on any atom is -0.345 e. The maximum atomic E-state index is 13.0. The molecule has 3 rings (SSSR count). The molecule has 1 aliphatic carbocycles. The summed E-state index contributed by atoms with van der Waals surface area (Å²) in [4.78, 5) is 13.0. The Hall–Kier alpha value is -2.23. The SMILES string of the molecule is COC1(OC)/C(=C/c2ccccc2)C(=O)c2ccc(C)c(C)c21. The molecule has 0 bridgehead atoms. The van der Waals surface area contributed by atoms with Gasteiger partial charge >= 0.3 is 0 Å². The Balaban J connectivity index is 2.29. The third kappa shape index (κ3) is 2.24. The second kappa shape index (κ2) is 5.76. The van der Waals surface area contributed by atoms with Gasteiger partial charge in [-0.2, -0.15) is 0 Å². The molecule has 0 heterocycles. The largest absolute Gasteiger partial charge is 0.345 e. The van der Waals surface area contributed by atoms with Crippen molar-refractivity contribution in [2.24, 2.45) is 0 Å². The van der Waals surface area contributed by atoms with Gasteiger partial charge in [-0.15, -0.1) is 0 Å². The molecule has 0 N–H and O–H groups in total. The summed E-state index contributed by atoms with van der Waals surface area (Å²) in [5.41, 5.74) is 5.05. The van der Waals surface area contributed by atoms with Crippen LogP contribution in [0.4, 0.5) is 0 Å². The van der Waals surface area contributed by atoms with Gasteiger partial charge in [-0.25, -0.2) is 0 Å². The quantitative estimate of drug-likeness (QED) is 0.634. The third-order valence-corrected chi connectivity index (χ3v) is 4.59. The highest BCUT2D eigenvalue weighted by Crippen LogP contribution is 2.47. The van der Waals surface area contributed by atoms with Crippen molar-refractivity contribution in [3.8, 4) is 0 Å². The number of ketones is 1. The van der Waals surface area contributed by atoms with Crippen molar-refractivity contribution >= 4 is 11.9 Å². The van der Waals surface area contributed by atoms with Crippen molar-refractivity contribution in [2.75, 3.05) is 14.2 Å². The number of carbonyl (C=O) groups excluding carboxylic acids is 1. The van der Waals surface area contributed by atoms with E-state index in [2.05, 4.69) is 0 Å². The fourth-order valence-electron chi connectivity index (χ4n) is 3.24. The van der Waals surface area contributed by atoms with E-state index in [1.54, 1.807) is 14.2 Å². The Morgan fingerprint density at radius 1 is 0.957 bits per heavy atom. The van der Waals surface area contributed by atoms with Gasteiger partial charge in [0.1, 0.15) is 0 Å². The van der Waals surface area contributed by atoms with Crippen LogP contribution in [0.25, 0.3) is 6.08 Å². The zero-order valence-electron chi connectivity index (χ0n) is 13.8. The van der Waals surface area contributed by atoms with Crippen molar-refractivity contribution < 1.29 is 14.3 Å². The topological polar surface area (TPSA) is 35.5 Å². The van der Waals surface area contributed by atoms with E-state index in [1.807, 2.05) is 62.4 Å². The Kier molecular flexibility index (Phi) is 3.92. The molecule has 0 unspecified atom stereocenters. The lowest BCUT2D eigenvalue weighted by Gasteiger charge is -2.29. The smallest absolute Gasteiger partial charge is 0.226 e. The molecule has 0 aromatic heterocycles. The molecule has 3 heteroatoms. The van der Waals surface area contributed by atoms with Gasteiger partial charge in [-0.05, 0) is 36.6 Å². The molecule has 1 aliphatic rings. The van der Waals surface area contributed by atoms with E-state index in [0.717, 1.165) is 22.3 Å². The zero-order chi connectivity index (χ0) is 16.6. The molecule has 23 heavy (non-hydrogen) atoms. The maximum absolute atomic E-state index is 13.0. The zero-order valence-corrected chi connectivity index (χ0v) is 13.8. The second-order valence-electron chi connectivity index (χ2n) is 5.75. The fraction of sp³-hybridized carbons (Fsp3) is 0.250. The molecule has 0 saturated heterocycles. The Labute approximate surface area is 136 Å². The van der Waals surface area contributed by atoms with Crippen molar-refractivity contribution in [3.63, 3.8) is 0 Å². The lowest BCUT2D eigenvalue weighted by atomic mass is 9.95. The van der Waals surface area contributed by atoms with Crippen LogP contribution in [0.3, 0.4) is 0 Å². The van der Waals surface area contributed by atoms with E-state index < -0.39 is 5.79 Å². The van der Waals surface area contributed by atoms with Crippen LogP contribution in [0.15, 0.2) is 48.0 Å². The average Bonchev–Trinajstić information content (AvgIpc) is 2.82. The lowest BCUT2D eigenvalue weighted by Crippen LogP contribution is -2.31. The molecule has 0 saturated carbocycles. The van der Waals surface area contributed by atoms with Crippen molar-refractivity contribution in [1.82, 2.24) is 0 Å². The fourth-order valence-corrected chi connectivity index (χ4v) is 3.24. The van der Waals surface area contributed by atoms with E-state index in [0.29, 0.717) is 11.1 Å². The average molecular weight is 308 g/mol. The normalized spacial score (nSPS) is 17.6. The summed E-state index contributed by atoms with van der Waals surface area (Å²) >= 11 is 0. The minimum atomic E-state index is -1.15. The summed E-state index contributed by atoms with van der Waals surface area (Å²) in [6, 6.07) is 13.6. The van der Waals surface area contributed by atoms with E-state index in [9.17, 15) is 4.79 Å². The number of ether oxygens (including phenoxy) is 2. The maximum Gasteiger partial charge on any atom is 0.226 e. The molecule has 0 aliphatic heterocycles. The monoisotopic (exact) mass is 308 g/mol. The molecule has 0 spiro atoms. The third-order valence-electron chi connectivity index (χ3n) is 4.59. The van der Waals surface area contributed by atoms with Crippen LogP contribution in [-0.2, 0) is 15.3 Å². The Bertz CT molecular complexity index is 784. The number of hydrogen-bond donors (Lipinski definition) is 0. The van der Waals surface area contributed by atoms with Gasteiger partial charge in [0.25, 0.3) is 0 Å². The van der Waals surface area contributed by atoms with E-state index in [1.165, 1.54) is 0 Å². The van der Waals surface area contributed by atoms with Gasteiger partial charge in [0.05, 0.1) is 5.57 Å². The van der Waals surface area contributed by atoms with E-state index in [4.69, 9.17) is 9.47 Å². The van der Waals surface area contributed by atoms with E-state index >= 15 is 0 Å². The summed E-state index contributed by atoms with van der Waals surface area (Å²) in [7, 11) is 3.15. The van der Waals surface area contributed by atoms with Crippen LogP contribution in [-0.4, -0.2) is 20.0 Å². The molecule has 2 aromatic rings. The number of hydrogen-bond acceptors (Lipinski definition) is 3. The number of methoxy groups -OCH3 is 2. The van der Waals surface area contributed by atoms with Crippen LogP contribution in [0.1, 0.15) is 32.6 Å². The molecule has 0 amide bonds. The van der Waals surface area contributed by atoms with Gasteiger partial charge in [0, 0.05) is 25.3 Å². The first-order chi connectivity index (χ1) is 11.0. The number of rotatable bonds is 3. The van der Waals surface area contributed by atoms with Gasteiger partial charge in [-0.1, -0.05) is 42.5 Å². The van der Waals surface area contributed by atoms with Crippen LogP contribution in [0.2, 0.25) is 0 Å². The summed E-state index contributed by atoms with van der Waals surface area (Å²) in [5.74, 6) is -1.20. The van der Waals surface area contributed by atoms with Gasteiger partial charge < -0.3 is 9.47 Å².